The smallest absolute Gasteiger partial charge is 0.276 e. The SMILES string of the molecule is CCC1(c2ccccc2)C(=O)NC(=O)N(C(C)(C)C)C1=O. The Morgan fingerprint density at radius 3 is 2.14 bits per heavy atom. The molecule has 112 valence electrons. The molecular weight excluding hydrogens is 268 g/mol. The van der Waals surface area contributed by atoms with Crippen molar-refractivity contribution in [3.8, 4) is 0 Å². The maximum atomic E-state index is 13.0. The van der Waals surface area contributed by atoms with Crippen LogP contribution >= 0.6 is 0 Å². The van der Waals surface area contributed by atoms with Crippen molar-refractivity contribution in [1.29, 1.82) is 0 Å². The topological polar surface area (TPSA) is 66.5 Å². The average molecular weight is 288 g/mol. The molecule has 0 spiro atoms. The van der Waals surface area contributed by atoms with Crippen LogP contribution in [0.4, 0.5) is 4.79 Å². The van der Waals surface area contributed by atoms with Crippen molar-refractivity contribution < 1.29 is 14.4 Å². The van der Waals surface area contributed by atoms with E-state index in [1.165, 1.54) is 0 Å². The zero-order chi connectivity index (χ0) is 15.8. The van der Waals surface area contributed by atoms with Gasteiger partial charge in [-0.2, -0.15) is 0 Å². The van der Waals surface area contributed by atoms with Gasteiger partial charge in [0.1, 0.15) is 0 Å². The molecule has 1 aliphatic rings. The number of hydrogen-bond acceptors (Lipinski definition) is 3. The summed E-state index contributed by atoms with van der Waals surface area (Å²) >= 11 is 0. The zero-order valence-corrected chi connectivity index (χ0v) is 12.8. The summed E-state index contributed by atoms with van der Waals surface area (Å²) in [6, 6.07) is 8.23. The molecule has 1 N–H and O–H groups in total. The fourth-order valence-corrected chi connectivity index (χ4v) is 2.74. The zero-order valence-electron chi connectivity index (χ0n) is 12.8. The number of imide groups is 2. The van der Waals surface area contributed by atoms with Gasteiger partial charge in [-0.05, 0) is 32.8 Å². The fourth-order valence-electron chi connectivity index (χ4n) is 2.74. The van der Waals surface area contributed by atoms with E-state index < -0.39 is 28.8 Å². The number of nitrogens with zero attached hydrogens (tertiary/aromatic N) is 1. The Labute approximate surface area is 124 Å². The minimum absolute atomic E-state index is 0.293. The molecule has 21 heavy (non-hydrogen) atoms. The van der Waals surface area contributed by atoms with Crippen LogP contribution in [0.2, 0.25) is 0 Å². The van der Waals surface area contributed by atoms with Crippen LogP contribution in [0.1, 0.15) is 39.7 Å². The largest absolute Gasteiger partial charge is 0.331 e. The molecule has 1 atom stereocenters. The van der Waals surface area contributed by atoms with Gasteiger partial charge in [-0.1, -0.05) is 37.3 Å². The standard InChI is InChI=1S/C16H20N2O3/c1-5-16(11-9-7-6-8-10-11)12(19)17-14(21)18(13(16)20)15(2,3)4/h6-10H,5H2,1-4H3,(H,17,19,21). The summed E-state index contributed by atoms with van der Waals surface area (Å²) in [7, 11) is 0. The summed E-state index contributed by atoms with van der Waals surface area (Å²) in [5.41, 5.74) is -1.43. The molecule has 1 heterocycles. The second-order valence-electron chi connectivity index (χ2n) is 6.20. The molecule has 0 radical (unpaired) electrons. The molecule has 1 aliphatic heterocycles. The van der Waals surface area contributed by atoms with Gasteiger partial charge < -0.3 is 0 Å². The maximum absolute atomic E-state index is 13.0. The number of hydrogen-bond donors (Lipinski definition) is 1. The molecule has 0 bridgehead atoms. The van der Waals surface area contributed by atoms with Crippen LogP contribution in [-0.2, 0) is 15.0 Å². The Kier molecular flexibility index (Phi) is 3.61. The number of amides is 4. The highest BCUT2D eigenvalue weighted by molar-refractivity contribution is 6.23. The number of carbonyl (C=O) groups is 3. The predicted octanol–water partition coefficient (Wildman–Crippen LogP) is 2.21. The highest BCUT2D eigenvalue weighted by atomic mass is 16.2. The lowest BCUT2D eigenvalue weighted by Crippen LogP contribution is -2.69. The van der Waals surface area contributed by atoms with E-state index in [9.17, 15) is 14.4 Å². The minimum Gasteiger partial charge on any atom is -0.276 e. The Morgan fingerprint density at radius 2 is 1.67 bits per heavy atom. The lowest BCUT2D eigenvalue weighted by atomic mass is 9.74. The van der Waals surface area contributed by atoms with E-state index in [1.54, 1.807) is 52.0 Å². The van der Waals surface area contributed by atoms with E-state index in [1.807, 2.05) is 6.07 Å². The van der Waals surface area contributed by atoms with Gasteiger partial charge in [-0.25, -0.2) is 4.79 Å². The third-order valence-corrected chi connectivity index (χ3v) is 3.85. The summed E-state index contributed by atoms with van der Waals surface area (Å²) in [4.78, 5) is 38.7. The van der Waals surface area contributed by atoms with E-state index in [0.29, 0.717) is 12.0 Å². The van der Waals surface area contributed by atoms with Crippen molar-refractivity contribution in [2.24, 2.45) is 0 Å². The second-order valence-corrected chi connectivity index (χ2v) is 6.20. The molecule has 5 nitrogen and oxygen atoms in total. The van der Waals surface area contributed by atoms with E-state index in [-0.39, 0.29) is 0 Å². The first-order chi connectivity index (χ1) is 9.75. The summed E-state index contributed by atoms with van der Waals surface area (Å²) in [6.07, 6.45) is 0.293. The van der Waals surface area contributed by atoms with Gasteiger partial charge >= 0.3 is 6.03 Å². The number of rotatable bonds is 2. The van der Waals surface area contributed by atoms with Gasteiger partial charge in [-0.3, -0.25) is 19.8 Å². The van der Waals surface area contributed by atoms with Crippen LogP contribution in [0.5, 0.6) is 0 Å². The molecule has 1 unspecified atom stereocenters. The van der Waals surface area contributed by atoms with Gasteiger partial charge in [0.25, 0.3) is 5.91 Å². The number of carbonyl (C=O) groups excluding carboxylic acids is 3. The quantitative estimate of drug-likeness (QED) is 0.848. The molecule has 5 heteroatoms. The molecule has 0 aromatic heterocycles. The summed E-state index contributed by atoms with van der Waals surface area (Å²) in [5, 5.41) is 2.33. The van der Waals surface area contributed by atoms with Crippen LogP contribution < -0.4 is 5.32 Å². The third kappa shape index (κ3) is 2.22. The van der Waals surface area contributed by atoms with Crippen LogP contribution in [0.3, 0.4) is 0 Å². The van der Waals surface area contributed by atoms with Crippen molar-refractivity contribution >= 4 is 17.8 Å². The number of benzene rings is 1. The lowest BCUT2D eigenvalue weighted by Gasteiger charge is -2.44. The summed E-state index contributed by atoms with van der Waals surface area (Å²) < 4.78 is 0. The minimum atomic E-state index is -1.34. The first-order valence-electron chi connectivity index (χ1n) is 7.00. The molecular formula is C16H20N2O3. The number of urea groups is 1. The number of barbiturate groups is 1. The molecule has 0 aliphatic carbocycles. The highest BCUT2D eigenvalue weighted by Gasteiger charge is 2.56. The van der Waals surface area contributed by atoms with E-state index in [0.717, 1.165) is 4.90 Å². The summed E-state index contributed by atoms with van der Waals surface area (Å²) in [5.74, 6) is -1.01. The van der Waals surface area contributed by atoms with Crippen molar-refractivity contribution in [2.75, 3.05) is 0 Å². The molecule has 1 aromatic carbocycles. The maximum Gasteiger partial charge on any atom is 0.331 e. The van der Waals surface area contributed by atoms with E-state index >= 15 is 0 Å². The van der Waals surface area contributed by atoms with Gasteiger partial charge in [0, 0.05) is 5.54 Å². The molecule has 2 rings (SSSR count). The van der Waals surface area contributed by atoms with Gasteiger partial charge in [0.05, 0.1) is 0 Å². The normalized spacial score (nSPS) is 23.2. The highest BCUT2D eigenvalue weighted by Crippen LogP contribution is 2.35. The van der Waals surface area contributed by atoms with Crippen molar-refractivity contribution in [3.05, 3.63) is 35.9 Å². The Hall–Kier alpha value is -2.17. The van der Waals surface area contributed by atoms with Gasteiger partial charge in [0.2, 0.25) is 5.91 Å². The van der Waals surface area contributed by atoms with Gasteiger partial charge in [-0.15, -0.1) is 0 Å². The molecule has 4 amide bonds. The first-order valence-corrected chi connectivity index (χ1v) is 7.00. The monoisotopic (exact) mass is 288 g/mol. The molecule has 1 fully saturated rings. The Balaban J connectivity index is 2.62. The molecule has 0 saturated carbocycles. The molecule has 1 aromatic rings. The van der Waals surface area contributed by atoms with Crippen LogP contribution in [0, 0.1) is 0 Å². The number of nitrogens with one attached hydrogen (secondary N) is 1. The average Bonchev–Trinajstić information content (AvgIpc) is 2.38. The van der Waals surface area contributed by atoms with Crippen molar-refractivity contribution in [2.45, 2.75) is 45.1 Å². The van der Waals surface area contributed by atoms with Crippen molar-refractivity contribution in [1.82, 2.24) is 10.2 Å². The second kappa shape index (κ2) is 4.98. The summed E-state index contributed by atoms with van der Waals surface area (Å²) in [6.45, 7) is 7.09. The van der Waals surface area contributed by atoms with Gasteiger partial charge in [0.15, 0.2) is 5.41 Å². The van der Waals surface area contributed by atoms with E-state index in [2.05, 4.69) is 5.32 Å². The fraction of sp³-hybridized carbons (Fsp3) is 0.438. The Morgan fingerprint density at radius 1 is 1.10 bits per heavy atom. The van der Waals surface area contributed by atoms with E-state index in [4.69, 9.17) is 0 Å². The third-order valence-electron chi connectivity index (χ3n) is 3.85. The van der Waals surface area contributed by atoms with Crippen LogP contribution in [0.15, 0.2) is 30.3 Å². The molecule has 1 saturated heterocycles. The van der Waals surface area contributed by atoms with Crippen LogP contribution in [-0.4, -0.2) is 28.3 Å². The Bertz CT molecular complexity index is 589. The van der Waals surface area contributed by atoms with Crippen LogP contribution in [0.25, 0.3) is 0 Å². The first kappa shape index (κ1) is 15.2. The predicted molar refractivity (Wildman–Crippen MR) is 78.5 cm³/mol. The lowest BCUT2D eigenvalue weighted by molar-refractivity contribution is -0.148. The van der Waals surface area contributed by atoms with Crippen molar-refractivity contribution in [3.63, 3.8) is 0 Å².